The van der Waals surface area contributed by atoms with Crippen LogP contribution in [0.15, 0.2) is 36.7 Å². The lowest BCUT2D eigenvalue weighted by Gasteiger charge is -2.38. The lowest BCUT2D eigenvalue weighted by atomic mass is 9.84. The van der Waals surface area contributed by atoms with Crippen LogP contribution in [0.4, 0.5) is 14.7 Å². The van der Waals surface area contributed by atoms with Crippen LogP contribution in [0, 0.1) is 18.6 Å². The Hall–Kier alpha value is -2.87. The minimum atomic E-state index is -1.19. The van der Waals surface area contributed by atoms with Crippen LogP contribution in [0.1, 0.15) is 24.1 Å². The Morgan fingerprint density at radius 3 is 2.50 bits per heavy atom. The number of nitrogens with zero attached hydrogens (tertiary/aromatic N) is 5. The average molecular weight is 385 g/mol. The van der Waals surface area contributed by atoms with Crippen molar-refractivity contribution in [3.8, 4) is 11.3 Å². The van der Waals surface area contributed by atoms with Gasteiger partial charge in [0.05, 0.1) is 17.0 Å². The van der Waals surface area contributed by atoms with Crippen molar-refractivity contribution in [3.63, 3.8) is 0 Å². The second kappa shape index (κ2) is 6.94. The van der Waals surface area contributed by atoms with Gasteiger partial charge in [0.2, 0.25) is 5.95 Å². The maximum atomic E-state index is 13.6. The van der Waals surface area contributed by atoms with Crippen LogP contribution < -0.4 is 4.90 Å². The Morgan fingerprint density at radius 1 is 1.11 bits per heavy atom. The van der Waals surface area contributed by atoms with Gasteiger partial charge in [-0.3, -0.25) is 4.68 Å². The van der Waals surface area contributed by atoms with E-state index in [-0.39, 0.29) is 0 Å². The second-order valence-corrected chi connectivity index (χ2v) is 7.19. The zero-order valence-corrected chi connectivity index (χ0v) is 15.7. The Labute approximate surface area is 161 Å². The third kappa shape index (κ3) is 3.35. The van der Waals surface area contributed by atoms with E-state index in [2.05, 4.69) is 15.1 Å². The molecule has 0 unspecified atom stereocenters. The summed E-state index contributed by atoms with van der Waals surface area (Å²) in [4.78, 5) is 11.0. The monoisotopic (exact) mass is 385 g/mol. The SMILES string of the molecule is Cc1nn(C)cc1-c1ccnc(N2CCC(O)(c3ccc(F)c(F)c3)CC2)n1. The number of aliphatic hydroxyl groups is 1. The molecule has 1 aliphatic rings. The minimum Gasteiger partial charge on any atom is -0.385 e. The number of hydrogen-bond acceptors (Lipinski definition) is 5. The van der Waals surface area contributed by atoms with Crippen molar-refractivity contribution in [2.75, 3.05) is 18.0 Å². The van der Waals surface area contributed by atoms with Gasteiger partial charge >= 0.3 is 0 Å². The van der Waals surface area contributed by atoms with Crippen LogP contribution in [-0.2, 0) is 12.6 Å². The van der Waals surface area contributed by atoms with Crippen molar-refractivity contribution < 1.29 is 13.9 Å². The predicted octanol–water partition coefficient (Wildman–Crippen LogP) is 2.95. The molecule has 1 aliphatic heterocycles. The molecular formula is C20H21F2N5O. The summed E-state index contributed by atoms with van der Waals surface area (Å²) in [7, 11) is 1.86. The van der Waals surface area contributed by atoms with Gasteiger partial charge in [-0.05, 0) is 43.5 Å². The molecule has 1 fully saturated rings. The van der Waals surface area contributed by atoms with Crippen molar-refractivity contribution in [1.29, 1.82) is 0 Å². The molecule has 2 aromatic heterocycles. The van der Waals surface area contributed by atoms with Crippen LogP contribution >= 0.6 is 0 Å². The number of rotatable bonds is 3. The highest BCUT2D eigenvalue weighted by atomic mass is 19.2. The Kier molecular flexibility index (Phi) is 4.58. The Bertz CT molecular complexity index is 1010. The van der Waals surface area contributed by atoms with E-state index in [0.29, 0.717) is 37.4 Å². The fraction of sp³-hybridized carbons (Fsp3) is 0.350. The molecule has 3 heterocycles. The number of piperidine rings is 1. The summed E-state index contributed by atoms with van der Waals surface area (Å²) in [5.74, 6) is -1.29. The molecule has 0 bridgehead atoms. The summed E-state index contributed by atoms with van der Waals surface area (Å²) in [6.45, 7) is 2.94. The highest BCUT2D eigenvalue weighted by molar-refractivity contribution is 5.61. The molecular weight excluding hydrogens is 364 g/mol. The summed E-state index contributed by atoms with van der Waals surface area (Å²) >= 11 is 0. The molecule has 3 aromatic rings. The van der Waals surface area contributed by atoms with Crippen molar-refractivity contribution >= 4 is 5.95 Å². The van der Waals surface area contributed by atoms with Crippen molar-refractivity contribution in [2.24, 2.45) is 7.05 Å². The third-order valence-electron chi connectivity index (χ3n) is 5.26. The van der Waals surface area contributed by atoms with Crippen LogP contribution in [0.25, 0.3) is 11.3 Å². The van der Waals surface area contributed by atoms with Crippen LogP contribution in [0.2, 0.25) is 0 Å². The van der Waals surface area contributed by atoms with E-state index in [4.69, 9.17) is 0 Å². The smallest absolute Gasteiger partial charge is 0.225 e. The van der Waals surface area contributed by atoms with Gasteiger partial charge in [-0.15, -0.1) is 0 Å². The Morgan fingerprint density at radius 2 is 1.86 bits per heavy atom. The molecule has 0 atom stereocenters. The number of aryl methyl sites for hydroxylation is 2. The number of benzene rings is 1. The summed E-state index contributed by atoms with van der Waals surface area (Å²) in [6, 6.07) is 5.41. The largest absolute Gasteiger partial charge is 0.385 e. The predicted molar refractivity (Wildman–Crippen MR) is 101 cm³/mol. The first kappa shape index (κ1) is 18.5. The van der Waals surface area contributed by atoms with Gasteiger partial charge in [0.1, 0.15) is 0 Å². The Balaban J connectivity index is 1.53. The van der Waals surface area contributed by atoms with Gasteiger partial charge in [-0.25, -0.2) is 18.7 Å². The van der Waals surface area contributed by atoms with Crippen molar-refractivity contribution in [1.82, 2.24) is 19.7 Å². The van der Waals surface area contributed by atoms with E-state index in [0.717, 1.165) is 29.1 Å². The zero-order chi connectivity index (χ0) is 19.9. The maximum Gasteiger partial charge on any atom is 0.225 e. The van der Waals surface area contributed by atoms with Gasteiger partial charge in [-0.2, -0.15) is 5.10 Å². The molecule has 0 radical (unpaired) electrons. The van der Waals surface area contributed by atoms with E-state index < -0.39 is 17.2 Å². The molecule has 4 rings (SSSR count). The molecule has 6 nitrogen and oxygen atoms in total. The van der Waals surface area contributed by atoms with Gasteiger partial charge in [0.15, 0.2) is 11.6 Å². The van der Waals surface area contributed by atoms with E-state index in [1.165, 1.54) is 6.07 Å². The molecule has 146 valence electrons. The number of halogens is 2. The number of hydrogen-bond donors (Lipinski definition) is 1. The number of aromatic nitrogens is 4. The van der Waals surface area contributed by atoms with Crippen LogP contribution in [0.3, 0.4) is 0 Å². The molecule has 1 aromatic carbocycles. The third-order valence-corrected chi connectivity index (χ3v) is 5.26. The van der Waals surface area contributed by atoms with Gasteiger partial charge < -0.3 is 10.0 Å². The van der Waals surface area contributed by atoms with Gasteiger partial charge in [0, 0.05) is 38.1 Å². The number of anilines is 1. The maximum absolute atomic E-state index is 13.6. The standard InChI is InChI=1S/C20H21F2N5O/c1-13-15(12-26(2)25-13)18-5-8-23-19(24-18)27-9-6-20(28,7-10-27)14-3-4-16(21)17(22)11-14/h3-5,8,11-12,28H,6-7,9-10H2,1-2H3. The van der Waals surface area contributed by atoms with E-state index >= 15 is 0 Å². The highest BCUT2D eigenvalue weighted by Gasteiger charge is 2.35. The summed E-state index contributed by atoms with van der Waals surface area (Å²) in [6.07, 6.45) is 4.37. The van der Waals surface area contributed by atoms with Crippen molar-refractivity contribution in [2.45, 2.75) is 25.4 Å². The highest BCUT2D eigenvalue weighted by Crippen LogP contribution is 2.34. The molecule has 8 heteroatoms. The average Bonchev–Trinajstić information content (AvgIpc) is 3.03. The van der Waals surface area contributed by atoms with Crippen LogP contribution in [-0.4, -0.2) is 37.9 Å². The van der Waals surface area contributed by atoms with E-state index in [1.54, 1.807) is 10.9 Å². The van der Waals surface area contributed by atoms with E-state index in [1.807, 2.05) is 31.1 Å². The molecule has 0 aliphatic carbocycles. The summed E-state index contributed by atoms with van der Waals surface area (Å²) < 4.78 is 28.5. The molecule has 28 heavy (non-hydrogen) atoms. The van der Waals surface area contributed by atoms with Crippen LogP contribution in [0.5, 0.6) is 0 Å². The molecule has 0 saturated carbocycles. The zero-order valence-electron chi connectivity index (χ0n) is 15.7. The van der Waals surface area contributed by atoms with Gasteiger partial charge in [0.25, 0.3) is 0 Å². The van der Waals surface area contributed by atoms with Gasteiger partial charge in [-0.1, -0.05) is 6.07 Å². The molecule has 1 N–H and O–H groups in total. The first-order valence-electron chi connectivity index (χ1n) is 9.12. The fourth-order valence-electron chi connectivity index (χ4n) is 3.65. The lowest BCUT2D eigenvalue weighted by molar-refractivity contribution is 0.0112. The second-order valence-electron chi connectivity index (χ2n) is 7.19. The topological polar surface area (TPSA) is 67.1 Å². The lowest BCUT2D eigenvalue weighted by Crippen LogP contribution is -2.43. The first-order chi connectivity index (χ1) is 13.4. The molecule has 0 spiro atoms. The normalized spacial score (nSPS) is 16.4. The quantitative estimate of drug-likeness (QED) is 0.751. The first-order valence-corrected chi connectivity index (χ1v) is 9.12. The summed E-state index contributed by atoms with van der Waals surface area (Å²) in [5.41, 5.74) is 1.83. The summed E-state index contributed by atoms with van der Waals surface area (Å²) in [5, 5.41) is 15.3. The molecule has 1 saturated heterocycles. The fourth-order valence-corrected chi connectivity index (χ4v) is 3.65. The van der Waals surface area contributed by atoms with Crippen molar-refractivity contribution in [3.05, 3.63) is 59.6 Å². The van der Waals surface area contributed by atoms with E-state index in [9.17, 15) is 13.9 Å². The molecule has 0 amide bonds. The minimum absolute atomic E-state index is 0.373.